The Kier molecular flexibility index (Phi) is 6.07. The molecule has 1 aromatic carbocycles. The average molecular weight is 402 g/mol. The van der Waals surface area contributed by atoms with Crippen LogP contribution in [0.1, 0.15) is 49.7 Å². The van der Waals surface area contributed by atoms with E-state index in [4.69, 9.17) is 4.74 Å². The van der Waals surface area contributed by atoms with Crippen LogP contribution in [0, 0.1) is 0 Å². The van der Waals surface area contributed by atoms with Gasteiger partial charge in [-0.15, -0.1) is 0 Å². The van der Waals surface area contributed by atoms with Crippen molar-refractivity contribution in [1.29, 1.82) is 0 Å². The van der Waals surface area contributed by atoms with Crippen LogP contribution in [-0.4, -0.2) is 23.3 Å². The number of aromatic nitrogens is 1. The molecule has 154 valence electrons. The number of ether oxygens (including phenoxy) is 1. The lowest BCUT2D eigenvalue weighted by atomic mass is 9.75. The van der Waals surface area contributed by atoms with E-state index in [-0.39, 0.29) is 17.7 Å². The number of pyridine rings is 1. The van der Waals surface area contributed by atoms with Gasteiger partial charge in [-0.05, 0) is 49.8 Å². The molecule has 0 saturated heterocycles. The molecule has 1 aliphatic heterocycles. The average Bonchev–Trinajstić information content (AvgIpc) is 2.77. The zero-order chi connectivity index (χ0) is 20.9. The minimum atomic E-state index is -0.374. The number of hydrogen-bond acceptors (Lipinski definition) is 5. The maximum Gasteiger partial charge on any atom is 0.336 e. The summed E-state index contributed by atoms with van der Waals surface area (Å²) in [6.07, 6.45) is 7.29. The Labute approximate surface area is 176 Å². The molecule has 5 nitrogen and oxygen atoms in total. The fourth-order valence-corrected chi connectivity index (χ4v) is 4.30. The molecule has 0 radical (unpaired) electrons. The Balaban J connectivity index is 1.54. The predicted octanol–water partition coefficient (Wildman–Crippen LogP) is 4.23. The number of dihydropyridines is 1. The Hall–Kier alpha value is -3.21. The number of nitrogens with zero attached hydrogens (tertiary/aromatic N) is 1. The van der Waals surface area contributed by atoms with E-state index < -0.39 is 0 Å². The predicted molar refractivity (Wildman–Crippen MR) is 114 cm³/mol. The van der Waals surface area contributed by atoms with E-state index in [1.165, 1.54) is 0 Å². The van der Waals surface area contributed by atoms with E-state index in [1.54, 1.807) is 6.20 Å². The number of esters is 1. The number of ketones is 1. The molecule has 5 heteroatoms. The van der Waals surface area contributed by atoms with Crippen molar-refractivity contribution in [2.24, 2.45) is 0 Å². The molecule has 0 bridgehead atoms. The largest absolute Gasteiger partial charge is 0.462 e. The minimum Gasteiger partial charge on any atom is -0.462 e. The molecule has 0 spiro atoms. The van der Waals surface area contributed by atoms with Crippen LogP contribution < -0.4 is 5.32 Å². The van der Waals surface area contributed by atoms with Gasteiger partial charge in [0, 0.05) is 41.7 Å². The van der Waals surface area contributed by atoms with Gasteiger partial charge < -0.3 is 10.1 Å². The highest BCUT2D eigenvalue weighted by Gasteiger charge is 2.38. The second-order valence-electron chi connectivity index (χ2n) is 7.78. The maximum absolute atomic E-state index is 13.1. The number of hydrogen-bond donors (Lipinski definition) is 1. The van der Waals surface area contributed by atoms with E-state index in [2.05, 4.69) is 10.3 Å². The number of Topliss-reactive ketones (excluding diaryl/α,β-unsaturated/α-hetero) is 1. The van der Waals surface area contributed by atoms with E-state index in [9.17, 15) is 9.59 Å². The van der Waals surface area contributed by atoms with Gasteiger partial charge in [-0.25, -0.2) is 4.79 Å². The zero-order valence-corrected chi connectivity index (χ0v) is 17.2. The molecule has 2 aliphatic rings. The van der Waals surface area contributed by atoms with E-state index >= 15 is 0 Å². The second kappa shape index (κ2) is 9.08. The van der Waals surface area contributed by atoms with E-state index in [0.717, 1.165) is 53.8 Å². The molecule has 1 N–H and O–H groups in total. The summed E-state index contributed by atoms with van der Waals surface area (Å²) in [5, 5.41) is 3.33. The van der Waals surface area contributed by atoms with Gasteiger partial charge in [-0.3, -0.25) is 9.78 Å². The topological polar surface area (TPSA) is 68.3 Å². The molecule has 30 heavy (non-hydrogen) atoms. The number of rotatable bonds is 6. The van der Waals surface area contributed by atoms with Crippen molar-refractivity contribution in [2.45, 2.75) is 44.9 Å². The third-order valence-corrected chi connectivity index (χ3v) is 5.69. The highest BCUT2D eigenvalue weighted by atomic mass is 16.5. The third-order valence-electron chi connectivity index (χ3n) is 5.69. The number of nitrogens with one attached hydrogen (secondary N) is 1. The summed E-state index contributed by atoms with van der Waals surface area (Å²) in [6, 6.07) is 13.7. The summed E-state index contributed by atoms with van der Waals surface area (Å²) in [7, 11) is 0. The molecular weight excluding hydrogens is 376 g/mol. The van der Waals surface area contributed by atoms with Gasteiger partial charge in [-0.1, -0.05) is 36.4 Å². The molecule has 0 fully saturated rings. The second-order valence-corrected chi connectivity index (χ2v) is 7.78. The number of allylic oxidation sites excluding steroid dienone is 3. The minimum absolute atomic E-state index is 0.118. The molecule has 2 aromatic rings. The highest BCUT2D eigenvalue weighted by molar-refractivity contribution is 6.03. The van der Waals surface area contributed by atoms with Crippen molar-refractivity contribution < 1.29 is 14.3 Å². The van der Waals surface area contributed by atoms with Crippen molar-refractivity contribution in [2.75, 3.05) is 6.61 Å². The van der Waals surface area contributed by atoms with Crippen LogP contribution in [0.25, 0.3) is 0 Å². The SMILES string of the molecule is CC1=C(C(=O)OCCCc2cccnc2)C(c2ccccc2)C2=C(CCCC2=O)N1. The molecule has 1 unspecified atom stereocenters. The lowest BCUT2D eigenvalue weighted by molar-refractivity contribution is -0.139. The first-order valence-electron chi connectivity index (χ1n) is 10.5. The molecule has 0 saturated carbocycles. The molecule has 1 atom stereocenters. The Morgan fingerprint density at radius 1 is 1.17 bits per heavy atom. The number of carbonyl (C=O) groups excluding carboxylic acids is 2. The van der Waals surface area contributed by atoms with Crippen LogP contribution >= 0.6 is 0 Å². The summed E-state index contributed by atoms with van der Waals surface area (Å²) in [4.78, 5) is 30.1. The Morgan fingerprint density at radius 3 is 2.77 bits per heavy atom. The Morgan fingerprint density at radius 2 is 2.00 bits per heavy atom. The third kappa shape index (κ3) is 4.20. The van der Waals surface area contributed by atoms with Crippen LogP contribution in [0.5, 0.6) is 0 Å². The summed E-state index contributed by atoms with van der Waals surface area (Å²) in [5.41, 5.74) is 5.05. The van der Waals surface area contributed by atoms with Crippen LogP contribution in [0.2, 0.25) is 0 Å². The van der Waals surface area contributed by atoms with Crippen molar-refractivity contribution in [3.05, 3.63) is 88.5 Å². The van der Waals surface area contributed by atoms with Crippen molar-refractivity contribution >= 4 is 11.8 Å². The summed E-state index contributed by atoms with van der Waals surface area (Å²) >= 11 is 0. The van der Waals surface area contributed by atoms with Gasteiger partial charge in [0.2, 0.25) is 0 Å². The lowest BCUT2D eigenvalue weighted by Gasteiger charge is -2.34. The molecule has 0 amide bonds. The zero-order valence-electron chi connectivity index (χ0n) is 17.2. The van der Waals surface area contributed by atoms with Gasteiger partial charge in [0.15, 0.2) is 5.78 Å². The first-order chi connectivity index (χ1) is 14.6. The van der Waals surface area contributed by atoms with Gasteiger partial charge in [0.05, 0.1) is 12.2 Å². The molecular formula is C25H26N2O3. The van der Waals surface area contributed by atoms with Crippen LogP contribution in [-0.2, 0) is 20.7 Å². The first kappa shape index (κ1) is 20.1. The van der Waals surface area contributed by atoms with E-state index in [1.807, 2.05) is 55.6 Å². The van der Waals surface area contributed by atoms with Gasteiger partial charge in [0.1, 0.15) is 0 Å². The smallest absolute Gasteiger partial charge is 0.336 e. The van der Waals surface area contributed by atoms with Crippen LogP contribution in [0.3, 0.4) is 0 Å². The summed E-state index contributed by atoms with van der Waals surface area (Å²) < 4.78 is 5.65. The molecule has 1 aromatic heterocycles. The monoisotopic (exact) mass is 402 g/mol. The van der Waals surface area contributed by atoms with Crippen molar-refractivity contribution in [3.8, 4) is 0 Å². The quantitative estimate of drug-likeness (QED) is 0.579. The highest BCUT2D eigenvalue weighted by Crippen LogP contribution is 2.42. The standard InChI is InChI=1S/C25H26N2O3/c1-17-22(25(29)30-15-7-9-18-8-6-14-26-16-18)23(19-10-3-2-4-11-19)24-20(27-17)12-5-13-21(24)28/h2-4,6,8,10-11,14,16,23,27H,5,7,9,12-13,15H2,1H3. The van der Waals surface area contributed by atoms with Crippen LogP contribution in [0.4, 0.5) is 0 Å². The van der Waals surface area contributed by atoms with Crippen molar-refractivity contribution in [3.63, 3.8) is 0 Å². The summed E-state index contributed by atoms with van der Waals surface area (Å²) in [6.45, 7) is 2.22. The van der Waals surface area contributed by atoms with Crippen molar-refractivity contribution in [1.82, 2.24) is 10.3 Å². The molecule has 4 rings (SSSR count). The number of benzene rings is 1. The Bertz CT molecular complexity index is 994. The molecule has 2 heterocycles. The van der Waals surface area contributed by atoms with Crippen LogP contribution in [0.15, 0.2) is 77.4 Å². The fraction of sp³-hybridized carbons (Fsp3) is 0.320. The number of aryl methyl sites for hydroxylation is 1. The van der Waals surface area contributed by atoms with E-state index in [0.29, 0.717) is 18.6 Å². The summed E-state index contributed by atoms with van der Waals surface area (Å²) in [5.74, 6) is -0.613. The first-order valence-corrected chi connectivity index (χ1v) is 10.5. The maximum atomic E-state index is 13.1. The van der Waals surface area contributed by atoms with Gasteiger partial charge in [-0.2, -0.15) is 0 Å². The van der Waals surface area contributed by atoms with Gasteiger partial charge in [0.25, 0.3) is 0 Å². The lowest BCUT2D eigenvalue weighted by Crippen LogP contribution is -2.34. The fourth-order valence-electron chi connectivity index (χ4n) is 4.30. The normalized spacial score (nSPS) is 18.7. The molecule has 1 aliphatic carbocycles. The number of carbonyl (C=O) groups is 2. The van der Waals surface area contributed by atoms with Gasteiger partial charge >= 0.3 is 5.97 Å².